The number of methoxy groups -OCH3 is 11. The number of aryl methyl sites for hydroxylation is 2. The van der Waals surface area contributed by atoms with E-state index in [2.05, 4.69) is 127 Å². The van der Waals surface area contributed by atoms with E-state index in [9.17, 15) is 67.1 Å². The van der Waals surface area contributed by atoms with Gasteiger partial charge in [0, 0.05) is 134 Å². The predicted octanol–water partition coefficient (Wildman–Crippen LogP) is 13.8. The molecule has 7 aromatic carbocycles. The molecule has 0 spiro atoms. The molecule has 0 bridgehead atoms. The number of H-pyrrole nitrogens is 5. The van der Waals surface area contributed by atoms with Crippen LogP contribution in [0, 0.1) is 0 Å². The summed E-state index contributed by atoms with van der Waals surface area (Å²) in [7, 11) is 18.6. The van der Waals surface area contributed by atoms with Crippen molar-refractivity contribution in [3.05, 3.63) is 302 Å². The Morgan fingerprint density at radius 1 is 0.260 bits per heavy atom. The molecule has 14 heterocycles. The van der Waals surface area contributed by atoms with Crippen LogP contribution in [0.1, 0.15) is 180 Å². The molecule has 53 heteroatoms. The van der Waals surface area contributed by atoms with Gasteiger partial charge in [0.05, 0.1) is 117 Å². The van der Waals surface area contributed by atoms with Crippen LogP contribution in [0.25, 0.3) is 76.3 Å². The standard InChI is InChI=1S/2C15H13N3O4S.2C14H11N3O4S.C13H9N3O4.2C13H9N3O3S/c1-18-7-10(9-6-8(21-2)4-5-11(9)18)12(19)14-16-13(17-23-14)15(20)22-3;1-18-7-10(9-6-8(21-2)4-5-11(9)18)12(19)13-16-17-14(23-13)15(20)22-3;1-20-7-3-4-10-8(5-7)9(6-15-10)11(18)13-16-12(17-22-13)14(19)21-2;1-20-7-3-4-10-8(5-7)9(6-15-10)11(18)12-16-17-13(22-12)14(19)21-2;1-19-13(18)12-16-15-11(20-12)10(17)8-6-14-9-5-3-2-4-7(8)9;1-19-13(18)11-15-12(20-16-11)10(17)8-6-14-9-5-3-2-4-7(8)9;1-19-13(18)12-16-15-11(20-12)10(17)8-6-14-9-5-3-2-4-7(8)9/h2*4-7H,1-3H3;2*3-6,15H,1-2H3;3*2-6,14H,1H3. The van der Waals surface area contributed by atoms with Crippen LogP contribution in [0.3, 0.4) is 0 Å². The number of nitrogens with zero attached hydrogens (tertiary/aromatic N) is 16. The number of carbonyl (C=O) groups is 14. The molecule has 21 rings (SSSR count). The van der Waals surface area contributed by atoms with E-state index < -0.39 is 47.6 Å². The van der Waals surface area contributed by atoms with E-state index in [0.29, 0.717) is 61.9 Å². The van der Waals surface area contributed by atoms with Gasteiger partial charge in [-0.15, -0.1) is 40.8 Å². The maximum absolute atomic E-state index is 12.7. The van der Waals surface area contributed by atoms with E-state index in [-0.39, 0.29) is 109 Å². The highest BCUT2D eigenvalue weighted by Gasteiger charge is 2.31. The van der Waals surface area contributed by atoms with Crippen molar-refractivity contribution in [3.63, 3.8) is 0 Å². The van der Waals surface area contributed by atoms with E-state index >= 15 is 0 Å². The number of carbonyl (C=O) groups excluding carboxylic acids is 14. The van der Waals surface area contributed by atoms with Gasteiger partial charge in [0.2, 0.25) is 49.7 Å². The topological polar surface area (TPSA) is 623 Å². The number of hydrogen-bond donors (Lipinski definition) is 5. The van der Waals surface area contributed by atoms with E-state index in [0.717, 1.165) is 145 Å². The van der Waals surface area contributed by atoms with Crippen molar-refractivity contribution in [2.24, 2.45) is 14.1 Å². The monoisotopic (exact) mass is 2140 g/mol. The van der Waals surface area contributed by atoms with E-state index in [4.69, 9.17) is 23.4 Å². The molecule has 0 aliphatic rings. The van der Waals surface area contributed by atoms with Crippen LogP contribution in [0.2, 0.25) is 0 Å². The number of aromatic amines is 5. The SMILES string of the molecule is COC(=O)c1nnc(C(=O)c2c[nH]c3ccc(OC)cc23)s1.COC(=O)c1nnc(C(=O)c2c[nH]c3ccccc23)o1.COC(=O)c1nnc(C(=O)c2c[nH]c3ccccc23)s1.COC(=O)c1nnc(C(=O)c2cn(C)c3ccc(OC)cc23)s1.COC(=O)c1nsc(C(=O)c2c[nH]c3ccc(OC)cc23)n1.COC(=O)c1nsc(C(=O)c2c[nH]c3ccccc23)n1.COC(=O)c1nsc(C(=O)c2cn(C)c3ccc(OC)cc23)n1. The van der Waals surface area contributed by atoms with Crippen molar-refractivity contribution in [2.75, 3.05) is 78.2 Å². The molecule has 47 nitrogen and oxygen atoms in total. The van der Waals surface area contributed by atoms with Gasteiger partial charge in [-0.1, -0.05) is 88.6 Å². The van der Waals surface area contributed by atoms with Gasteiger partial charge in [-0.05, 0) is 126 Å². The van der Waals surface area contributed by atoms with E-state index in [1.807, 2.05) is 126 Å². The molecule has 21 aromatic rings. The smallest absolute Gasteiger partial charge is 0.396 e. The lowest BCUT2D eigenvalue weighted by atomic mass is 10.1. The zero-order chi connectivity index (χ0) is 107. The van der Waals surface area contributed by atoms with Gasteiger partial charge in [0.15, 0.2) is 30.0 Å². The summed E-state index contributed by atoms with van der Waals surface area (Å²) in [5, 5.41) is 35.7. The summed E-state index contributed by atoms with van der Waals surface area (Å²) in [5.74, 6) is -5.12. The largest absolute Gasteiger partial charge is 0.497 e. The molecule has 5 N–H and O–H groups in total. The van der Waals surface area contributed by atoms with Gasteiger partial charge in [0.1, 0.15) is 23.0 Å². The van der Waals surface area contributed by atoms with Gasteiger partial charge in [-0.25, -0.2) is 48.5 Å². The van der Waals surface area contributed by atoms with Crippen molar-refractivity contribution in [1.82, 2.24) is 103 Å². The van der Waals surface area contributed by atoms with E-state index in [1.165, 1.54) is 49.8 Å². The predicted molar refractivity (Wildman–Crippen MR) is 541 cm³/mol. The molecule has 0 aliphatic heterocycles. The molecule has 0 unspecified atom stereocenters. The third-order valence-electron chi connectivity index (χ3n) is 21.5. The fraction of sp³-hybridized carbons (Fsp3) is 0.134. The van der Waals surface area contributed by atoms with E-state index in [1.54, 1.807) is 114 Å². The van der Waals surface area contributed by atoms with Gasteiger partial charge >= 0.3 is 47.7 Å². The Bertz CT molecular complexity index is 8160. The minimum absolute atomic E-state index is 0.0447. The lowest BCUT2D eigenvalue weighted by Crippen LogP contribution is -2.05. The highest BCUT2D eigenvalue weighted by Crippen LogP contribution is 2.35. The molecule has 0 aliphatic carbocycles. The first kappa shape index (κ1) is 105. The first-order valence-electron chi connectivity index (χ1n) is 43.0. The van der Waals surface area contributed by atoms with Crippen LogP contribution in [0.15, 0.2) is 193 Å². The summed E-state index contributed by atoms with van der Waals surface area (Å²) in [6, 6.07) is 44.0. The third-order valence-corrected chi connectivity index (χ3v) is 26.4. The average molecular weight is 2140 g/mol. The van der Waals surface area contributed by atoms with Gasteiger partial charge in [-0.2, -0.15) is 13.1 Å². The van der Waals surface area contributed by atoms with Crippen LogP contribution >= 0.6 is 68.6 Å². The number of hydrogen-bond acceptors (Lipinski definition) is 46. The second kappa shape index (κ2) is 47.2. The summed E-state index contributed by atoms with van der Waals surface area (Å²) in [5.41, 5.74) is 9.24. The Labute approximate surface area is 865 Å². The number of benzene rings is 7. The maximum atomic E-state index is 12.7. The van der Waals surface area contributed by atoms with Crippen molar-refractivity contribution in [3.8, 4) is 23.0 Å². The number of ketones is 7. The molecule has 0 radical (unpaired) electrons. The van der Waals surface area contributed by atoms with Crippen LogP contribution in [-0.4, -0.2) is 263 Å². The van der Waals surface area contributed by atoms with Crippen molar-refractivity contribution in [2.45, 2.75) is 0 Å². The number of fused-ring (bicyclic) bond motifs is 7. The lowest BCUT2D eigenvalue weighted by Gasteiger charge is -2.01. The zero-order valence-corrected chi connectivity index (χ0v) is 85.0. The molecule has 0 amide bonds. The fourth-order valence-corrected chi connectivity index (χ4v) is 18.2. The average Bonchev–Trinajstić information content (AvgIpc) is 1.61. The van der Waals surface area contributed by atoms with Crippen molar-refractivity contribution < 1.29 is 124 Å². The molecule has 0 saturated carbocycles. The highest BCUT2D eigenvalue weighted by atomic mass is 32.1. The van der Waals surface area contributed by atoms with Crippen LogP contribution in [0.5, 0.6) is 23.0 Å². The first-order chi connectivity index (χ1) is 72.5. The Kier molecular flexibility index (Phi) is 33.2. The Morgan fingerprint density at radius 3 is 0.840 bits per heavy atom. The third kappa shape index (κ3) is 22.9. The number of nitrogens with one attached hydrogen (secondary N) is 5. The number of para-hydroxylation sites is 3. The molecular formula is C97H75N21O26S6. The molecular weight excluding hydrogens is 2070 g/mol. The summed E-state index contributed by atoms with van der Waals surface area (Å²) >= 11 is 5.34. The molecule has 150 heavy (non-hydrogen) atoms. The van der Waals surface area contributed by atoms with Gasteiger partial charge < -0.3 is 90.6 Å². The second-order valence-corrected chi connectivity index (χ2v) is 35.4. The Hall–Kier alpha value is -19.0. The summed E-state index contributed by atoms with van der Waals surface area (Å²) in [6.07, 6.45) is 11.5. The molecule has 0 fully saturated rings. The minimum Gasteiger partial charge on any atom is -0.497 e. The lowest BCUT2D eigenvalue weighted by molar-refractivity contribution is 0.0549. The molecule has 760 valence electrons. The maximum Gasteiger partial charge on any atom is 0.396 e. The minimum atomic E-state index is -0.782. The normalized spacial score (nSPS) is 10.7. The van der Waals surface area contributed by atoms with Gasteiger partial charge in [-0.3, -0.25) is 33.6 Å². The summed E-state index contributed by atoms with van der Waals surface area (Å²) in [4.78, 5) is 194. The number of esters is 7. The number of aromatic nitrogens is 21. The molecule has 0 atom stereocenters. The molecule has 14 aromatic heterocycles. The summed E-state index contributed by atoms with van der Waals surface area (Å²) < 4.78 is 72.7. The summed E-state index contributed by atoms with van der Waals surface area (Å²) in [6.45, 7) is 0. The second-order valence-electron chi connectivity index (χ2n) is 30.2. The van der Waals surface area contributed by atoms with Crippen LogP contribution in [0.4, 0.5) is 0 Å². The Balaban J connectivity index is 0.000000131. The van der Waals surface area contributed by atoms with Crippen molar-refractivity contribution >= 4 is 227 Å². The zero-order valence-electron chi connectivity index (χ0n) is 80.1. The van der Waals surface area contributed by atoms with Crippen molar-refractivity contribution in [1.29, 1.82) is 0 Å². The Morgan fingerprint density at radius 2 is 0.520 bits per heavy atom. The number of ether oxygens (including phenoxy) is 11. The van der Waals surface area contributed by atoms with Crippen LogP contribution in [-0.2, 0) is 47.3 Å². The number of rotatable bonds is 25. The highest BCUT2D eigenvalue weighted by molar-refractivity contribution is 7.16. The van der Waals surface area contributed by atoms with Gasteiger partial charge in [0.25, 0.3) is 29.1 Å². The molecule has 0 saturated heterocycles. The quantitative estimate of drug-likeness (QED) is 0.0201. The first-order valence-corrected chi connectivity index (χ1v) is 47.8. The fourth-order valence-electron chi connectivity index (χ4n) is 14.2. The van der Waals surface area contributed by atoms with Crippen LogP contribution < -0.4 is 18.9 Å².